The van der Waals surface area contributed by atoms with E-state index in [4.69, 9.17) is 9.47 Å². The van der Waals surface area contributed by atoms with Crippen LogP contribution >= 0.6 is 0 Å². The number of ether oxygens (including phenoxy) is 2. The number of cyclic esters (lactones) is 2. The standard InChI is InChI=1S/C27H26N4O6/c1-16-9-11-20-13-22(16)30-25(33)31(24(32)19-7-5-4-6-8-19)23-14-21(12-10-17(23)2)29-27(35)37-18(3)15-36-26(34)28-20/h4-14,18H,15H2,1-3H3,(H,28,34)(H,29,35)(H,30,33). The van der Waals surface area contributed by atoms with Gasteiger partial charge in [0.1, 0.15) is 12.7 Å². The molecule has 0 spiro atoms. The summed E-state index contributed by atoms with van der Waals surface area (Å²) in [6, 6.07) is 17.4. The van der Waals surface area contributed by atoms with Crippen molar-refractivity contribution in [1.29, 1.82) is 0 Å². The first kappa shape index (κ1) is 25.2. The summed E-state index contributed by atoms with van der Waals surface area (Å²) in [5.41, 5.74) is 2.94. The number of amides is 5. The van der Waals surface area contributed by atoms with Crippen molar-refractivity contribution in [2.45, 2.75) is 26.9 Å². The third kappa shape index (κ3) is 6.04. The van der Waals surface area contributed by atoms with Crippen molar-refractivity contribution in [3.63, 3.8) is 0 Å². The maximum atomic E-state index is 13.6. The quantitative estimate of drug-likeness (QED) is 0.393. The van der Waals surface area contributed by atoms with E-state index >= 15 is 0 Å². The number of urea groups is 1. The third-order valence-corrected chi connectivity index (χ3v) is 5.61. The molecule has 37 heavy (non-hydrogen) atoms. The number of anilines is 4. The first-order chi connectivity index (χ1) is 17.7. The molecule has 0 fully saturated rings. The smallest absolute Gasteiger partial charge is 0.412 e. The van der Waals surface area contributed by atoms with Crippen LogP contribution in [-0.2, 0) is 9.47 Å². The minimum Gasteiger partial charge on any atom is -0.445 e. The summed E-state index contributed by atoms with van der Waals surface area (Å²) in [6.07, 6.45) is -2.29. The average molecular weight is 503 g/mol. The molecular weight excluding hydrogens is 476 g/mol. The Kier molecular flexibility index (Phi) is 7.38. The zero-order valence-corrected chi connectivity index (χ0v) is 20.5. The Bertz CT molecular complexity index is 1360. The molecule has 0 saturated carbocycles. The van der Waals surface area contributed by atoms with Crippen molar-refractivity contribution in [3.05, 3.63) is 83.4 Å². The highest BCUT2D eigenvalue weighted by Crippen LogP contribution is 2.28. The fraction of sp³-hybridized carbons (Fsp3) is 0.185. The van der Waals surface area contributed by atoms with Crippen LogP contribution in [0.25, 0.3) is 0 Å². The van der Waals surface area contributed by atoms with Crippen LogP contribution in [0.1, 0.15) is 28.4 Å². The van der Waals surface area contributed by atoms with Gasteiger partial charge in [0, 0.05) is 22.6 Å². The van der Waals surface area contributed by atoms with Crippen LogP contribution in [0.5, 0.6) is 0 Å². The normalized spacial score (nSPS) is 16.4. The van der Waals surface area contributed by atoms with Crippen LogP contribution in [0.3, 0.4) is 0 Å². The second-order valence-electron chi connectivity index (χ2n) is 8.53. The molecule has 1 aliphatic rings. The molecule has 4 bridgehead atoms. The first-order valence-corrected chi connectivity index (χ1v) is 11.5. The lowest BCUT2D eigenvalue weighted by Crippen LogP contribution is -2.40. The molecule has 10 nitrogen and oxygen atoms in total. The van der Waals surface area contributed by atoms with Gasteiger partial charge in [-0.05, 0) is 68.3 Å². The van der Waals surface area contributed by atoms with E-state index in [9.17, 15) is 19.2 Å². The van der Waals surface area contributed by atoms with Gasteiger partial charge in [0.05, 0.1) is 5.69 Å². The molecule has 3 N–H and O–H groups in total. The summed E-state index contributed by atoms with van der Waals surface area (Å²) in [5, 5.41) is 7.94. The van der Waals surface area contributed by atoms with E-state index in [2.05, 4.69) is 16.0 Å². The van der Waals surface area contributed by atoms with E-state index in [0.29, 0.717) is 33.8 Å². The van der Waals surface area contributed by atoms with Gasteiger partial charge < -0.3 is 14.8 Å². The first-order valence-electron chi connectivity index (χ1n) is 11.5. The molecule has 5 amide bonds. The number of carbonyl (C=O) groups excluding carboxylic acids is 4. The van der Waals surface area contributed by atoms with Crippen molar-refractivity contribution in [1.82, 2.24) is 0 Å². The van der Waals surface area contributed by atoms with Gasteiger partial charge in [0.2, 0.25) is 0 Å². The maximum absolute atomic E-state index is 13.6. The summed E-state index contributed by atoms with van der Waals surface area (Å²) in [5.74, 6) is -0.567. The second-order valence-corrected chi connectivity index (χ2v) is 8.53. The largest absolute Gasteiger partial charge is 0.445 e. The van der Waals surface area contributed by atoms with Gasteiger partial charge in [0.15, 0.2) is 0 Å². The SMILES string of the molecule is Cc1ccc2cc1NC(=O)N(C(=O)c1ccccc1)c1cc(ccc1C)NC(=O)OC(C)COC(=O)N2. The van der Waals surface area contributed by atoms with E-state index in [0.717, 1.165) is 4.90 Å². The number of benzene rings is 3. The summed E-state index contributed by atoms with van der Waals surface area (Å²) in [4.78, 5) is 52.9. The lowest BCUT2D eigenvalue weighted by molar-refractivity contribution is 0.0651. The van der Waals surface area contributed by atoms with Crippen LogP contribution < -0.4 is 20.9 Å². The third-order valence-electron chi connectivity index (χ3n) is 5.61. The molecule has 1 heterocycles. The molecule has 1 aliphatic heterocycles. The van der Waals surface area contributed by atoms with Crippen LogP contribution in [0.2, 0.25) is 0 Å². The van der Waals surface area contributed by atoms with Gasteiger partial charge in [-0.15, -0.1) is 0 Å². The lowest BCUT2D eigenvalue weighted by Gasteiger charge is -2.24. The molecule has 0 aliphatic carbocycles. The highest BCUT2D eigenvalue weighted by molar-refractivity contribution is 6.24. The highest BCUT2D eigenvalue weighted by atomic mass is 16.6. The average Bonchev–Trinajstić information content (AvgIpc) is 2.87. The number of hydrogen-bond donors (Lipinski definition) is 3. The number of fused-ring (bicyclic) bond motifs is 4. The number of aryl methyl sites for hydroxylation is 2. The predicted octanol–water partition coefficient (Wildman–Crippen LogP) is 5.68. The van der Waals surface area contributed by atoms with Crippen LogP contribution in [0, 0.1) is 13.8 Å². The lowest BCUT2D eigenvalue weighted by atomic mass is 10.1. The highest BCUT2D eigenvalue weighted by Gasteiger charge is 2.27. The van der Waals surface area contributed by atoms with E-state index in [-0.39, 0.29) is 12.3 Å². The molecule has 0 saturated heterocycles. The zero-order valence-electron chi connectivity index (χ0n) is 20.5. The Morgan fingerprint density at radius 2 is 1.49 bits per heavy atom. The Morgan fingerprint density at radius 1 is 0.838 bits per heavy atom. The topological polar surface area (TPSA) is 126 Å². The molecule has 10 heteroatoms. The Balaban J connectivity index is 1.81. The summed E-state index contributed by atoms with van der Waals surface area (Å²) >= 11 is 0. The van der Waals surface area contributed by atoms with Gasteiger partial charge in [-0.1, -0.05) is 30.3 Å². The number of hydrogen-bond acceptors (Lipinski definition) is 6. The fourth-order valence-corrected chi connectivity index (χ4v) is 3.67. The number of nitrogens with zero attached hydrogens (tertiary/aromatic N) is 1. The molecule has 1 atom stereocenters. The second kappa shape index (κ2) is 10.8. The Labute approximate surface area is 213 Å². The van der Waals surface area contributed by atoms with Gasteiger partial charge in [0.25, 0.3) is 5.91 Å². The molecule has 3 aromatic carbocycles. The molecule has 4 rings (SSSR count). The van der Waals surface area contributed by atoms with E-state index in [1.165, 1.54) is 6.07 Å². The van der Waals surface area contributed by atoms with Crippen molar-refractivity contribution in [2.24, 2.45) is 0 Å². The fourth-order valence-electron chi connectivity index (χ4n) is 3.67. The zero-order chi connectivity index (χ0) is 26.5. The van der Waals surface area contributed by atoms with Crippen molar-refractivity contribution in [2.75, 3.05) is 27.5 Å². The van der Waals surface area contributed by atoms with E-state index in [1.807, 2.05) is 0 Å². The van der Waals surface area contributed by atoms with Crippen molar-refractivity contribution in [3.8, 4) is 0 Å². The number of carbonyl (C=O) groups is 4. The van der Waals surface area contributed by atoms with Gasteiger partial charge in [-0.25, -0.2) is 19.3 Å². The maximum Gasteiger partial charge on any atom is 0.412 e. The number of nitrogens with one attached hydrogen (secondary N) is 3. The van der Waals surface area contributed by atoms with Crippen molar-refractivity contribution >= 4 is 46.9 Å². The minimum absolute atomic E-state index is 0.173. The molecule has 190 valence electrons. The number of imide groups is 1. The van der Waals surface area contributed by atoms with Crippen LogP contribution in [-0.4, -0.2) is 36.8 Å². The molecule has 1 unspecified atom stereocenters. The van der Waals surface area contributed by atoms with Gasteiger partial charge in [-0.3, -0.25) is 15.4 Å². The Hall–Kier alpha value is -4.86. The molecule has 3 aromatic rings. The molecule has 0 radical (unpaired) electrons. The van der Waals surface area contributed by atoms with Crippen LogP contribution in [0.4, 0.5) is 37.1 Å². The monoisotopic (exact) mass is 502 g/mol. The predicted molar refractivity (Wildman–Crippen MR) is 139 cm³/mol. The van der Waals surface area contributed by atoms with Gasteiger partial charge >= 0.3 is 18.2 Å². The van der Waals surface area contributed by atoms with Crippen LogP contribution in [0.15, 0.2) is 66.7 Å². The van der Waals surface area contributed by atoms with Crippen molar-refractivity contribution < 1.29 is 28.7 Å². The summed E-state index contributed by atoms with van der Waals surface area (Å²) < 4.78 is 10.4. The van der Waals surface area contributed by atoms with E-state index in [1.54, 1.807) is 81.4 Å². The van der Waals surface area contributed by atoms with Gasteiger partial charge in [-0.2, -0.15) is 0 Å². The summed E-state index contributed by atoms with van der Waals surface area (Å²) in [7, 11) is 0. The number of rotatable bonds is 1. The summed E-state index contributed by atoms with van der Waals surface area (Å²) in [6.45, 7) is 4.94. The van der Waals surface area contributed by atoms with E-state index < -0.39 is 30.2 Å². The Morgan fingerprint density at radius 3 is 2.22 bits per heavy atom. The minimum atomic E-state index is -0.789. The molecule has 0 aromatic heterocycles. The molecular formula is C27H26N4O6.